The minimum absolute atomic E-state index is 0.0839. The van der Waals surface area contributed by atoms with Gasteiger partial charge in [0, 0.05) is 28.8 Å². The molecule has 2 aromatic rings. The number of anilines is 2. The number of nitrogens with zero attached hydrogens (tertiary/aromatic N) is 1. The van der Waals surface area contributed by atoms with Crippen molar-refractivity contribution < 1.29 is 19.1 Å². The molecule has 1 aliphatic heterocycles. The van der Waals surface area contributed by atoms with Crippen LogP contribution in [0.15, 0.2) is 46.9 Å². The van der Waals surface area contributed by atoms with Gasteiger partial charge in [-0.3, -0.25) is 14.4 Å². The van der Waals surface area contributed by atoms with E-state index in [1.807, 2.05) is 50.2 Å². The van der Waals surface area contributed by atoms with Crippen molar-refractivity contribution in [3.8, 4) is 0 Å². The fourth-order valence-corrected chi connectivity index (χ4v) is 3.65. The molecular weight excluding hydrogens is 424 g/mol. The Morgan fingerprint density at radius 3 is 2.64 bits per heavy atom. The van der Waals surface area contributed by atoms with E-state index in [-0.39, 0.29) is 25.5 Å². The number of benzene rings is 2. The van der Waals surface area contributed by atoms with Crippen molar-refractivity contribution >= 4 is 45.1 Å². The highest BCUT2D eigenvalue weighted by Crippen LogP contribution is 2.28. The molecule has 1 N–H and O–H groups in total. The Balaban J connectivity index is 1.54. The minimum atomic E-state index is -0.575. The van der Waals surface area contributed by atoms with Crippen LogP contribution < -0.4 is 10.2 Å². The average molecular weight is 445 g/mol. The van der Waals surface area contributed by atoms with E-state index >= 15 is 0 Å². The highest BCUT2D eigenvalue weighted by molar-refractivity contribution is 9.10. The third-order valence-corrected chi connectivity index (χ3v) is 5.17. The molecule has 0 unspecified atom stereocenters. The standard InChI is InChI=1S/C21H21BrN2O4/c1-13-5-3-4-6-18(13)24-11-15(10-20(24)26)21(27)28-12-19(25)23-17-8-7-16(22)9-14(17)2/h3-9,15H,10-12H2,1-2H3,(H,23,25)/t15-/m1/s1. The zero-order chi connectivity index (χ0) is 20.3. The van der Waals surface area contributed by atoms with Gasteiger partial charge in [-0.15, -0.1) is 0 Å². The highest BCUT2D eigenvalue weighted by atomic mass is 79.9. The second-order valence-electron chi connectivity index (χ2n) is 6.81. The van der Waals surface area contributed by atoms with Crippen molar-refractivity contribution in [2.45, 2.75) is 20.3 Å². The molecule has 0 radical (unpaired) electrons. The van der Waals surface area contributed by atoms with Gasteiger partial charge in [-0.2, -0.15) is 0 Å². The van der Waals surface area contributed by atoms with E-state index in [1.54, 1.807) is 11.0 Å². The number of rotatable bonds is 5. The van der Waals surface area contributed by atoms with E-state index in [0.29, 0.717) is 5.69 Å². The molecule has 0 bridgehead atoms. The Labute approximate surface area is 172 Å². The van der Waals surface area contributed by atoms with Gasteiger partial charge in [-0.25, -0.2) is 0 Å². The summed E-state index contributed by atoms with van der Waals surface area (Å²) in [7, 11) is 0. The molecule has 1 fully saturated rings. The summed E-state index contributed by atoms with van der Waals surface area (Å²) in [6.45, 7) is 3.67. The fourth-order valence-electron chi connectivity index (χ4n) is 3.17. The fraction of sp³-hybridized carbons (Fsp3) is 0.286. The lowest BCUT2D eigenvalue weighted by molar-refractivity contribution is -0.151. The Morgan fingerprint density at radius 1 is 1.18 bits per heavy atom. The van der Waals surface area contributed by atoms with Crippen LogP contribution in [0.4, 0.5) is 11.4 Å². The van der Waals surface area contributed by atoms with Gasteiger partial charge in [-0.1, -0.05) is 34.1 Å². The highest BCUT2D eigenvalue weighted by Gasteiger charge is 2.36. The van der Waals surface area contributed by atoms with Crippen LogP contribution in [0, 0.1) is 19.8 Å². The van der Waals surface area contributed by atoms with Crippen LogP contribution in [-0.4, -0.2) is 30.9 Å². The number of carbonyl (C=O) groups is 3. The Hall–Kier alpha value is -2.67. The van der Waals surface area contributed by atoms with E-state index in [4.69, 9.17) is 4.74 Å². The van der Waals surface area contributed by atoms with Gasteiger partial charge in [0.2, 0.25) is 5.91 Å². The smallest absolute Gasteiger partial charge is 0.311 e. The molecule has 0 saturated carbocycles. The Morgan fingerprint density at radius 2 is 1.93 bits per heavy atom. The molecule has 0 spiro atoms. The summed E-state index contributed by atoms with van der Waals surface area (Å²) >= 11 is 3.37. The van der Waals surface area contributed by atoms with Crippen LogP contribution in [-0.2, 0) is 19.1 Å². The normalized spacial score (nSPS) is 16.2. The summed E-state index contributed by atoms with van der Waals surface area (Å²) in [4.78, 5) is 38.3. The zero-order valence-corrected chi connectivity index (χ0v) is 17.3. The first-order valence-corrected chi connectivity index (χ1v) is 9.73. The maximum Gasteiger partial charge on any atom is 0.311 e. The van der Waals surface area contributed by atoms with Crippen molar-refractivity contribution in [3.05, 3.63) is 58.1 Å². The first-order chi connectivity index (χ1) is 13.3. The maximum atomic E-state index is 12.3. The van der Waals surface area contributed by atoms with Crippen molar-refractivity contribution in [1.82, 2.24) is 0 Å². The van der Waals surface area contributed by atoms with Crippen LogP contribution in [0.25, 0.3) is 0 Å². The number of para-hydroxylation sites is 1. The topological polar surface area (TPSA) is 75.7 Å². The Bertz CT molecular complexity index is 928. The van der Waals surface area contributed by atoms with Crippen LogP contribution in [0.1, 0.15) is 17.5 Å². The van der Waals surface area contributed by atoms with E-state index in [9.17, 15) is 14.4 Å². The van der Waals surface area contributed by atoms with Gasteiger partial charge in [0.15, 0.2) is 6.61 Å². The van der Waals surface area contributed by atoms with E-state index in [2.05, 4.69) is 21.2 Å². The maximum absolute atomic E-state index is 12.3. The summed E-state index contributed by atoms with van der Waals surface area (Å²) in [6.07, 6.45) is 0.0839. The summed E-state index contributed by atoms with van der Waals surface area (Å²) in [5.74, 6) is -1.65. The molecule has 1 saturated heterocycles. The number of ether oxygens (including phenoxy) is 1. The first kappa shape index (κ1) is 20.1. The minimum Gasteiger partial charge on any atom is -0.455 e. The van der Waals surface area contributed by atoms with Gasteiger partial charge in [0.25, 0.3) is 5.91 Å². The molecule has 146 valence electrons. The summed E-state index contributed by atoms with van der Waals surface area (Å²) < 4.78 is 6.06. The number of amides is 2. The Kier molecular flexibility index (Phi) is 6.14. The number of hydrogen-bond donors (Lipinski definition) is 1. The molecule has 1 aliphatic rings. The molecule has 2 aromatic carbocycles. The number of halogens is 1. The number of esters is 1. The van der Waals surface area contributed by atoms with Crippen LogP contribution in [0.3, 0.4) is 0 Å². The number of aryl methyl sites for hydroxylation is 2. The van der Waals surface area contributed by atoms with Gasteiger partial charge in [0.05, 0.1) is 5.92 Å². The molecule has 1 atom stereocenters. The molecule has 1 heterocycles. The lowest BCUT2D eigenvalue weighted by atomic mass is 10.1. The van der Waals surface area contributed by atoms with Crippen molar-refractivity contribution in [2.75, 3.05) is 23.4 Å². The molecular formula is C21H21BrN2O4. The number of hydrogen-bond acceptors (Lipinski definition) is 4. The van der Waals surface area contributed by atoms with Crippen molar-refractivity contribution in [3.63, 3.8) is 0 Å². The van der Waals surface area contributed by atoms with Crippen molar-refractivity contribution in [2.24, 2.45) is 5.92 Å². The zero-order valence-electron chi connectivity index (χ0n) is 15.7. The molecule has 28 heavy (non-hydrogen) atoms. The van der Waals surface area contributed by atoms with Crippen LogP contribution in [0.5, 0.6) is 0 Å². The molecule has 0 aliphatic carbocycles. The molecule has 6 nitrogen and oxygen atoms in total. The van der Waals surface area contributed by atoms with E-state index in [1.165, 1.54) is 0 Å². The SMILES string of the molecule is Cc1cc(Br)ccc1NC(=O)COC(=O)[C@@H]1CC(=O)N(c2ccccc2C)C1. The third kappa shape index (κ3) is 4.59. The van der Waals surface area contributed by atoms with Gasteiger partial charge in [0.1, 0.15) is 0 Å². The second kappa shape index (κ2) is 8.56. The quantitative estimate of drug-likeness (QED) is 0.714. The van der Waals surface area contributed by atoms with E-state index in [0.717, 1.165) is 21.3 Å². The molecule has 0 aromatic heterocycles. The third-order valence-electron chi connectivity index (χ3n) is 4.67. The first-order valence-electron chi connectivity index (χ1n) is 8.94. The second-order valence-corrected chi connectivity index (χ2v) is 7.72. The number of carbonyl (C=O) groups excluding carboxylic acids is 3. The van der Waals surface area contributed by atoms with E-state index < -0.39 is 17.8 Å². The lowest BCUT2D eigenvalue weighted by Gasteiger charge is -2.18. The predicted octanol–water partition coefficient (Wildman–Crippen LogP) is 3.60. The average Bonchev–Trinajstić information content (AvgIpc) is 3.04. The molecule has 3 rings (SSSR count). The van der Waals surface area contributed by atoms with Gasteiger partial charge >= 0.3 is 5.97 Å². The van der Waals surface area contributed by atoms with Gasteiger partial charge < -0.3 is 15.0 Å². The van der Waals surface area contributed by atoms with Crippen molar-refractivity contribution in [1.29, 1.82) is 0 Å². The summed E-state index contributed by atoms with van der Waals surface area (Å²) in [5.41, 5.74) is 3.32. The van der Waals surface area contributed by atoms with Crippen LogP contribution >= 0.6 is 15.9 Å². The van der Waals surface area contributed by atoms with Crippen LogP contribution in [0.2, 0.25) is 0 Å². The summed E-state index contributed by atoms with van der Waals surface area (Å²) in [5, 5.41) is 2.72. The monoisotopic (exact) mass is 444 g/mol. The largest absolute Gasteiger partial charge is 0.455 e. The van der Waals surface area contributed by atoms with Gasteiger partial charge in [-0.05, 0) is 49.2 Å². The molecule has 7 heteroatoms. The predicted molar refractivity (Wildman–Crippen MR) is 110 cm³/mol. The number of nitrogens with one attached hydrogen (secondary N) is 1. The lowest BCUT2D eigenvalue weighted by Crippen LogP contribution is -2.28. The molecule has 2 amide bonds. The summed E-state index contributed by atoms with van der Waals surface area (Å²) in [6, 6.07) is 13.0.